The molecular formula is C12H13BrFN3. The summed E-state index contributed by atoms with van der Waals surface area (Å²) < 4.78 is 15.7. The van der Waals surface area contributed by atoms with Crippen LogP contribution in [0.5, 0.6) is 0 Å². The van der Waals surface area contributed by atoms with Crippen molar-refractivity contribution in [1.29, 1.82) is 0 Å². The third-order valence-electron chi connectivity index (χ3n) is 2.61. The van der Waals surface area contributed by atoms with Crippen LogP contribution in [0.1, 0.15) is 11.3 Å². The SMILES string of the molecule is Cc1cc(F)c(Br)cc1-n1cncc1CCN. The van der Waals surface area contributed by atoms with Crippen molar-refractivity contribution in [1.82, 2.24) is 9.55 Å². The van der Waals surface area contributed by atoms with Crippen LogP contribution < -0.4 is 5.73 Å². The summed E-state index contributed by atoms with van der Waals surface area (Å²) in [6.07, 6.45) is 4.25. The highest BCUT2D eigenvalue weighted by atomic mass is 79.9. The normalized spacial score (nSPS) is 10.8. The highest BCUT2D eigenvalue weighted by Crippen LogP contribution is 2.24. The Bertz CT molecular complexity index is 537. The van der Waals surface area contributed by atoms with Crippen molar-refractivity contribution in [3.63, 3.8) is 0 Å². The summed E-state index contributed by atoms with van der Waals surface area (Å²) in [4.78, 5) is 4.11. The Morgan fingerprint density at radius 2 is 2.24 bits per heavy atom. The number of aromatic nitrogens is 2. The molecule has 1 aromatic carbocycles. The van der Waals surface area contributed by atoms with Crippen LogP contribution in [0.3, 0.4) is 0 Å². The van der Waals surface area contributed by atoms with Crippen molar-refractivity contribution in [3.8, 4) is 5.69 Å². The molecule has 5 heteroatoms. The second-order valence-corrected chi connectivity index (χ2v) is 4.70. The predicted molar refractivity (Wildman–Crippen MR) is 68.7 cm³/mol. The fourth-order valence-electron chi connectivity index (χ4n) is 1.77. The molecule has 0 radical (unpaired) electrons. The number of imidazole rings is 1. The fraction of sp³-hybridized carbons (Fsp3) is 0.250. The molecule has 2 aromatic rings. The molecule has 1 aromatic heterocycles. The van der Waals surface area contributed by atoms with Crippen molar-refractivity contribution >= 4 is 15.9 Å². The van der Waals surface area contributed by atoms with E-state index >= 15 is 0 Å². The smallest absolute Gasteiger partial charge is 0.137 e. The van der Waals surface area contributed by atoms with E-state index in [4.69, 9.17) is 5.73 Å². The van der Waals surface area contributed by atoms with E-state index in [0.717, 1.165) is 23.4 Å². The van der Waals surface area contributed by atoms with E-state index in [2.05, 4.69) is 20.9 Å². The molecule has 0 unspecified atom stereocenters. The lowest BCUT2D eigenvalue weighted by atomic mass is 10.2. The van der Waals surface area contributed by atoms with E-state index in [9.17, 15) is 4.39 Å². The van der Waals surface area contributed by atoms with E-state index in [0.29, 0.717) is 11.0 Å². The third kappa shape index (κ3) is 2.40. The van der Waals surface area contributed by atoms with Gasteiger partial charge in [-0.25, -0.2) is 9.37 Å². The highest BCUT2D eigenvalue weighted by molar-refractivity contribution is 9.10. The monoisotopic (exact) mass is 297 g/mol. The molecular weight excluding hydrogens is 285 g/mol. The van der Waals surface area contributed by atoms with Gasteiger partial charge in [-0.1, -0.05) is 0 Å². The van der Waals surface area contributed by atoms with Gasteiger partial charge in [-0.3, -0.25) is 0 Å². The first-order valence-corrected chi connectivity index (χ1v) is 6.10. The van der Waals surface area contributed by atoms with Gasteiger partial charge in [-0.2, -0.15) is 0 Å². The van der Waals surface area contributed by atoms with Crippen molar-refractivity contribution < 1.29 is 4.39 Å². The molecule has 0 fully saturated rings. The highest BCUT2D eigenvalue weighted by Gasteiger charge is 2.09. The minimum absolute atomic E-state index is 0.258. The molecule has 17 heavy (non-hydrogen) atoms. The molecule has 0 spiro atoms. The fourth-order valence-corrected chi connectivity index (χ4v) is 2.10. The first kappa shape index (κ1) is 12.3. The standard InChI is InChI=1S/C12H13BrFN3/c1-8-4-11(14)10(13)5-12(8)17-7-16-6-9(17)2-3-15/h4-7H,2-3,15H2,1H3. The van der Waals surface area contributed by atoms with Gasteiger partial charge in [0.05, 0.1) is 16.5 Å². The summed E-state index contributed by atoms with van der Waals surface area (Å²) in [7, 11) is 0. The van der Waals surface area contributed by atoms with Gasteiger partial charge in [-0.05, 0) is 47.1 Å². The molecule has 90 valence electrons. The third-order valence-corrected chi connectivity index (χ3v) is 3.22. The number of hydrogen-bond acceptors (Lipinski definition) is 2. The number of nitrogens with two attached hydrogens (primary N) is 1. The Labute approximate surface area is 108 Å². The lowest BCUT2D eigenvalue weighted by molar-refractivity contribution is 0.619. The molecule has 0 saturated carbocycles. The lowest BCUT2D eigenvalue weighted by Gasteiger charge is -2.11. The van der Waals surface area contributed by atoms with Gasteiger partial charge in [0.2, 0.25) is 0 Å². The lowest BCUT2D eigenvalue weighted by Crippen LogP contribution is -2.08. The Kier molecular flexibility index (Phi) is 3.59. The summed E-state index contributed by atoms with van der Waals surface area (Å²) >= 11 is 3.20. The Hall–Kier alpha value is -1.20. The van der Waals surface area contributed by atoms with Crippen LogP contribution in [0.2, 0.25) is 0 Å². The summed E-state index contributed by atoms with van der Waals surface area (Å²) in [6, 6.07) is 3.26. The number of halogens is 2. The van der Waals surface area contributed by atoms with Gasteiger partial charge in [0, 0.05) is 18.3 Å². The van der Waals surface area contributed by atoms with E-state index in [1.807, 2.05) is 11.5 Å². The molecule has 0 atom stereocenters. The van der Waals surface area contributed by atoms with Crippen LogP contribution in [0, 0.1) is 12.7 Å². The molecule has 2 N–H and O–H groups in total. The van der Waals surface area contributed by atoms with E-state index in [1.165, 1.54) is 6.07 Å². The quantitative estimate of drug-likeness (QED) is 0.946. The van der Waals surface area contributed by atoms with Gasteiger partial charge >= 0.3 is 0 Å². The summed E-state index contributed by atoms with van der Waals surface area (Å²) in [5, 5.41) is 0. The van der Waals surface area contributed by atoms with Crippen molar-refractivity contribution in [2.24, 2.45) is 5.73 Å². The van der Waals surface area contributed by atoms with Crippen LogP contribution in [0.4, 0.5) is 4.39 Å². The van der Waals surface area contributed by atoms with Gasteiger partial charge in [0.15, 0.2) is 0 Å². The van der Waals surface area contributed by atoms with Crippen LogP contribution >= 0.6 is 15.9 Å². The van der Waals surface area contributed by atoms with E-state index in [-0.39, 0.29) is 5.82 Å². The summed E-state index contributed by atoms with van der Waals surface area (Å²) in [6.45, 7) is 2.43. The second kappa shape index (κ2) is 4.98. The number of benzene rings is 1. The average molecular weight is 298 g/mol. The molecule has 0 saturated heterocycles. The minimum atomic E-state index is -0.258. The zero-order valence-electron chi connectivity index (χ0n) is 9.45. The second-order valence-electron chi connectivity index (χ2n) is 3.85. The minimum Gasteiger partial charge on any atom is -0.330 e. The van der Waals surface area contributed by atoms with E-state index < -0.39 is 0 Å². The largest absolute Gasteiger partial charge is 0.330 e. The van der Waals surface area contributed by atoms with Gasteiger partial charge in [-0.15, -0.1) is 0 Å². The first-order chi connectivity index (χ1) is 8.13. The van der Waals surface area contributed by atoms with Gasteiger partial charge < -0.3 is 10.3 Å². The Balaban J connectivity index is 2.52. The summed E-state index contributed by atoms with van der Waals surface area (Å²) in [5.41, 5.74) is 8.35. The number of aryl methyl sites for hydroxylation is 1. The Morgan fingerprint density at radius 3 is 2.94 bits per heavy atom. The number of rotatable bonds is 3. The topological polar surface area (TPSA) is 43.8 Å². The molecule has 0 aliphatic heterocycles. The maximum absolute atomic E-state index is 13.4. The van der Waals surface area contributed by atoms with Crippen molar-refractivity contribution in [2.75, 3.05) is 6.54 Å². The van der Waals surface area contributed by atoms with Crippen LogP contribution in [0.25, 0.3) is 5.69 Å². The van der Waals surface area contributed by atoms with Gasteiger partial charge in [0.1, 0.15) is 5.82 Å². The molecule has 0 aliphatic carbocycles. The van der Waals surface area contributed by atoms with Crippen molar-refractivity contribution in [3.05, 3.63) is 46.2 Å². The number of hydrogen-bond donors (Lipinski definition) is 1. The maximum atomic E-state index is 13.4. The van der Waals surface area contributed by atoms with Crippen molar-refractivity contribution in [2.45, 2.75) is 13.3 Å². The van der Waals surface area contributed by atoms with Crippen LogP contribution in [-0.2, 0) is 6.42 Å². The predicted octanol–water partition coefficient (Wildman–Crippen LogP) is 2.58. The molecule has 0 amide bonds. The van der Waals surface area contributed by atoms with E-state index in [1.54, 1.807) is 18.6 Å². The zero-order chi connectivity index (χ0) is 12.4. The van der Waals surface area contributed by atoms with Crippen LogP contribution in [0.15, 0.2) is 29.1 Å². The molecule has 0 aliphatic rings. The maximum Gasteiger partial charge on any atom is 0.137 e. The number of nitrogens with zero attached hydrogens (tertiary/aromatic N) is 2. The first-order valence-electron chi connectivity index (χ1n) is 5.30. The molecule has 3 nitrogen and oxygen atoms in total. The Morgan fingerprint density at radius 1 is 1.47 bits per heavy atom. The molecule has 2 rings (SSSR count). The van der Waals surface area contributed by atoms with Gasteiger partial charge in [0.25, 0.3) is 0 Å². The van der Waals surface area contributed by atoms with Crippen LogP contribution in [-0.4, -0.2) is 16.1 Å². The molecule has 0 bridgehead atoms. The molecule has 1 heterocycles. The summed E-state index contributed by atoms with van der Waals surface area (Å²) in [5.74, 6) is -0.258. The average Bonchev–Trinajstić information content (AvgIpc) is 2.72. The zero-order valence-corrected chi connectivity index (χ0v) is 11.0.